The van der Waals surface area contributed by atoms with Crippen LogP contribution in [0.2, 0.25) is 0 Å². The minimum absolute atomic E-state index is 0.00185. The summed E-state index contributed by atoms with van der Waals surface area (Å²) in [6, 6.07) is 14.9. The Morgan fingerprint density at radius 1 is 1.09 bits per heavy atom. The number of nitrogens with one attached hydrogen (secondary N) is 2. The molecule has 0 bridgehead atoms. The number of benzene rings is 2. The Bertz CT molecular complexity index is 1150. The van der Waals surface area contributed by atoms with E-state index in [1.54, 1.807) is 19.2 Å². The van der Waals surface area contributed by atoms with Crippen molar-refractivity contribution in [2.24, 2.45) is 0 Å². The van der Waals surface area contributed by atoms with Gasteiger partial charge in [-0.2, -0.15) is 4.98 Å². The fourth-order valence-electron chi connectivity index (χ4n) is 3.54. The zero-order valence-electron chi connectivity index (χ0n) is 18.5. The summed E-state index contributed by atoms with van der Waals surface area (Å²) in [5, 5.41) is 5.85. The third kappa shape index (κ3) is 5.73. The first-order chi connectivity index (χ1) is 16.0. The molecule has 3 aromatic rings. The summed E-state index contributed by atoms with van der Waals surface area (Å²) in [4.78, 5) is 40.6. The topological polar surface area (TPSA) is 113 Å². The summed E-state index contributed by atoms with van der Waals surface area (Å²) < 4.78 is 5.26. The van der Waals surface area contributed by atoms with Gasteiger partial charge in [0.1, 0.15) is 18.6 Å². The normalized spacial score (nSPS) is 13.6. The molecule has 0 atom stereocenters. The average molecular weight is 447 g/mol. The maximum atomic E-state index is 12.8. The largest absolute Gasteiger partial charge is 0.497 e. The van der Waals surface area contributed by atoms with Gasteiger partial charge in [0.25, 0.3) is 0 Å². The molecule has 170 valence electrons. The summed E-state index contributed by atoms with van der Waals surface area (Å²) >= 11 is 0. The zero-order chi connectivity index (χ0) is 23.2. The van der Waals surface area contributed by atoms with Crippen molar-refractivity contribution in [2.75, 3.05) is 42.3 Å². The first-order valence-corrected chi connectivity index (χ1v) is 10.5. The Kier molecular flexibility index (Phi) is 6.63. The van der Waals surface area contributed by atoms with Crippen molar-refractivity contribution >= 4 is 35.1 Å². The first-order valence-electron chi connectivity index (χ1n) is 10.5. The number of piperazine rings is 1. The highest BCUT2D eigenvalue weighted by Gasteiger charge is 2.26. The van der Waals surface area contributed by atoms with Crippen molar-refractivity contribution in [3.8, 4) is 5.75 Å². The third-order valence-electron chi connectivity index (χ3n) is 5.11. The Morgan fingerprint density at radius 2 is 1.91 bits per heavy atom. The molecule has 1 aliphatic heterocycles. The van der Waals surface area contributed by atoms with E-state index in [1.165, 1.54) is 13.3 Å². The van der Waals surface area contributed by atoms with Gasteiger partial charge >= 0.3 is 0 Å². The maximum absolute atomic E-state index is 12.8. The Balaban J connectivity index is 1.40. The Hall–Kier alpha value is -4.21. The molecule has 2 heterocycles. The molecule has 10 heteroatoms. The van der Waals surface area contributed by atoms with Gasteiger partial charge in [0.15, 0.2) is 0 Å². The molecule has 0 spiro atoms. The first kappa shape index (κ1) is 22.0. The van der Waals surface area contributed by atoms with Crippen LogP contribution in [-0.4, -0.2) is 58.4 Å². The monoisotopic (exact) mass is 447 g/mol. The fourth-order valence-corrected chi connectivity index (χ4v) is 3.54. The molecule has 0 aliphatic carbocycles. The van der Waals surface area contributed by atoms with E-state index in [9.17, 15) is 9.59 Å². The van der Waals surface area contributed by atoms with Gasteiger partial charge in [-0.15, -0.1) is 0 Å². The lowest BCUT2D eigenvalue weighted by Crippen LogP contribution is -2.50. The van der Waals surface area contributed by atoms with E-state index in [-0.39, 0.29) is 18.4 Å². The van der Waals surface area contributed by atoms with Crippen LogP contribution in [-0.2, 0) is 16.1 Å². The number of hydrogen-bond acceptors (Lipinski definition) is 8. The van der Waals surface area contributed by atoms with Crippen LogP contribution in [0.15, 0.2) is 54.9 Å². The summed E-state index contributed by atoms with van der Waals surface area (Å²) in [6.45, 7) is 3.33. The third-order valence-corrected chi connectivity index (χ3v) is 5.11. The molecule has 2 aromatic carbocycles. The van der Waals surface area contributed by atoms with Crippen molar-refractivity contribution < 1.29 is 14.3 Å². The van der Waals surface area contributed by atoms with Gasteiger partial charge in [-0.1, -0.05) is 18.2 Å². The molecule has 4 rings (SSSR count). The molecule has 2 amide bonds. The summed E-state index contributed by atoms with van der Waals surface area (Å²) in [5.74, 6) is 1.41. The van der Waals surface area contributed by atoms with E-state index in [0.29, 0.717) is 37.2 Å². The molecule has 1 saturated heterocycles. The summed E-state index contributed by atoms with van der Waals surface area (Å²) in [7, 11) is 1.63. The lowest BCUT2D eigenvalue weighted by molar-refractivity contribution is -0.131. The number of methoxy groups -OCH3 is 1. The van der Waals surface area contributed by atoms with Gasteiger partial charge in [-0.05, 0) is 35.9 Å². The highest BCUT2D eigenvalue weighted by Crippen LogP contribution is 2.20. The second kappa shape index (κ2) is 9.94. The van der Waals surface area contributed by atoms with Crippen LogP contribution in [0.3, 0.4) is 0 Å². The van der Waals surface area contributed by atoms with Gasteiger partial charge in [0.2, 0.25) is 23.7 Å². The van der Waals surface area contributed by atoms with Gasteiger partial charge < -0.3 is 25.2 Å². The lowest BCUT2D eigenvalue weighted by Gasteiger charge is -2.34. The molecular formula is C23H25N7O3. The second-order valence-electron chi connectivity index (χ2n) is 7.58. The fraction of sp³-hybridized carbons (Fsp3) is 0.261. The van der Waals surface area contributed by atoms with Crippen molar-refractivity contribution in [1.29, 1.82) is 0 Å². The molecule has 0 unspecified atom stereocenters. The average Bonchev–Trinajstić information content (AvgIpc) is 2.80. The molecule has 0 saturated carbocycles. The lowest BCUT2D eigenvalue weighted by atomic mass is 10.2. The number of carbonyl (C=O) groups is 2. The Labute approximate surface area is 191 Å². The van der Waals surface area contributed by atoms with Crippen molar-refractivity contribution in [3.05, 3.63) is 60.4 Å². The maximum Gasteiger partial charge on any atom is 0.242 e. The minimum atomic E-state index is -0.148. The van der Waals surface area contributed by atoms with Gasteiger partial charge in [-0.3, -0.25) is 9.59 Å². The van der Waals surface area contributed by atoms with Gasteiger partial charge in [0.05, 0.1) is 7.11 Å². The van der Waals surface area contributed by atoms with E-state index in [4.69, 9.17) is 4.74 Å². The van der Waals surface area contributed by atoms with Crippen LogP contribution >= 0.6 is 0 Å². The molecule has 10 nitrogen and oxygen atoms in total. The van der Waals surface area contributed by atoms with Gasteiger partial charge in [-0.25, -0.2) is 9.97 Å². The van der Waals surface area contributed by atoms with Crippen LogP contribution in [0.1, 0.15) is 12.5 Å². The van der Waals surface area contributed by atoms with Crippen LogP contribution in [0.5, 0.6) is 5.75 Å². The molecule has 0 radical (unpaired) electrons. The highest BCUT2D eigenvalue weighted by molar-refractivity contribution is 5.89. The van der Waals surface area contributed by atoms with Crippen LogP contribution in [0.25, 0.3) is 0 Å². The quantitative estimate of drug-likeness (QED) is 0.568. The molecular weight excluding hydrogens is 422 g/mol. The number of rotatable bonds is 7. The number of amides is 2. The number of ether oxygens (including phenoxy) is 1. The van der Waals surface area contributed by atoms with Crippen molar-refractivity contribution in [3.63, 3.8) is 0 Å². The van der Waals surface area contributed by atoms with E-state index < -0.39 is 0 Å². The molecule has 2 N–H and O–H groups in total. The number of hydrogen-bond donors (Lipinski definition) is 2. The van der Waals surface area contributed by atoms with E-state index in [2.05, 4.69) is 25.6 Å². The number of nitrogens with zero attached hydrogens (tertiary/aromatic N) is 5. The van der Waals surface area contributed by atoms with Crippen LogP contribution in [0, 0.1) is 0 Å². The second-order valence-corrected chi connectivity index (χ2v) is 7.58. The van der Waals surface area contributed by atoms with Crippen molar-refractivity contribution in [1.82, 2.24) is 19.9 Å². The van der Waals surface area contributed by atoms with Gasteiger partial charge in [0, 0.05) is 37.9 Å². The molecule has 33 heavy (non-hydrogen) atoms. The predicted molar refractivity (Wildman–Crippen MR) is 124 cm³/mol. The van der Waals surface area contributed by atoms with E-state index in [0.717, 1.165) is 17.0 Å². The smallest absolute Gasteiger partial charge is 0.242 e. The van der Waals surface area contributed by atoms with Crippen molar-refractivity contribution in [2.45, 2.75) is 13.5 Å². The van der Waals surface area contributed by atoms with Crippen LogP contribution < -0.4 is 20.3 Å². The van der Waals surface area contributed by atoms with Crippen LogP contribution in [0.4, 0.5) is 23.3 Å². The van der Waals surface area contributed by atoms with E-state index >= 15 is 0 Å². The SMILES string of the molecule is COc1cccc(CN2CCN(c3ncnc(Nc4cccc(NC(C)=O)c4)n3)CC2=O)c1. The number of anilines is 4. The highest BCUT2D eigenvalue weighted by atomic mass is 16.5. The molecule has 1 aliphatic rings. The molecule has 1 aromatic heterocycles. The molecule has 1 fully saturated rings. The summed E-state index contributed by atoms with van der Waals surface area (Å²) in [5.41, 5.74) is 2.40. The van der Waals surface area contributed by atoms with E-state index in [1.807, 2.05) is 46.2 Å². The standard InChI is InChI=1S/C23H25N7O3/c1-16(31)26-18-6-4-7-19(12-18)27-22-24-15-25-23(28-22)30-10-9-29(21(32)14-30)13-17-5-3-8-20(11-17)33-2/h3-8,11-12,15H,9-10,13-14H2,1-2H3,(H,26,31)(H,24,25,27,28). The predicted octanol–water partition coefficient (Wildman–Crippen LogP) is 2.43. The summed E-state index contributed by atoms with van der Waals surface area (Å²) in [6.07, 6.45) is 1.41. The Morgan fingerprint density at radius 3 is 2.70 bits per heavy atom. The number of aromatic nitrogens is 3. The zero-order valence-corrected chi connectivity index (χ0v) is 18.5. The number of carbonyl (C=O) groups excluding carboxylic acids is 2. The minimum Gasteiger partial charge on any atom is -0.497 e.